The molecule has 1 atom stereocenters. The van der Waals surface area contributed by atoms with Gasteiger partial charge in [0.25, 0.3) is 11.8 Å². The first-order valence-electron chi connectivity index (χ1n) is 14.3. The molecule has 0 aliphatic carbocycles. The molecule has 1 saturated heterocycles. The topological polar surface area (TPSA) is 124 Å². The predicted molar refractivity (Wildman–Crippen MR) is 157 cm³/mol. The third-order valence-corrected chi connectivity index (χ3v) is 7.48. The van der Waals surface area contributed by atoms with Crippen LogP contribution in [0.5, 0.6) is 5.75 Å². The standard InChI is InChI=1S/C29H48N6O5/c1-19(2)35(20-12-11-13-33-18-20)25(36)21-16-23-24(17-22(21)30-6)40-29(31-7,32-8)26(37)34(23)14-9-10-15-39-27(38)28(3,4)5/h16-17,19-20,30-33H,9-15,18H2,1-8H3. The van der Waals surface area contributed by atoms with Crippen LogP contribution < -0.4 is 30.9 Å². The summed E-state index contributed by atoms with van der Waals surface area (Å²) in [5, 5.41) is 12.5. The summed E-state index contributed by atoms with van der Waals surface area (Å²) >= 11 is 0. The molecule has 0 saturated carbocycles. The van der Waals surface area contributed by atoms with Crippen molar-refractivity contribution in [2.75, 3.05) is 57.6 Å². The van der Waals surface area contributed by atoms with Gasteiger partial charge in [0.2, 0.25) is 0 Å². The average Bonchev–Trinajstić information content (AvgIpc) is 2.92. The van der Waals surface area contributed by atoms with Gasteiger partial charge >= 0.3 is 11.9 Å². The molecule has 11 heteroatoms. The minimum atomic E-state index is -1.46. The van der Waals surface area contributed by atoms with Gasteiger partial charge in [-0.2, -0.15) is 0 Å². The summed E-state index contributed by atoms with van der Waals surface area (Å²) in [7, 11) is 5.08. The molecule has 2 heterocycles. The van der Waals surface area contributed by atoms with Gasteiger partial charge in [0.15, 0.2) is 0 Å². The second-order valence-corrected chi connectivity index (χ2v) is 11.8. The van der Waals surface area contributed by atoms with Crippen LogP contribution in [0.2, 0.25) is 0 Å². The number of rotatable bonds is 11. The van der Waals surface area contributed by atoms with Crippen LogP contribution in [0.15, 0.2) is 12.1 Å². The number of hydrogen-bond acceptors (Lipinski definition) is 9. The highest BCUT2D eigenvalue weighted by molar-refractivity contribution is 6.06. The number of amides is 2. The molecular weight excluding hydrogens is 512 g/mol. The van der Waals surface area contributed by atoms with Crippen LogP contribution in [0, 0.1) is 5.41 Å². The number of hydrogen-bond donors (Lipinski definition) is 4. The Balaban J connectivity index is 1.93. The Kier molecular flexibility index (Phi) is 10.4. The Morgan fingerprint density at radius 1 is 1.20 bits per heavy atom. The summed E-state index contributed by atoms with van der Waals surface area (Å²) in [5.41, 5.74) is 1.08. The lowest BCUT2D eigenvalue weighted by molar-refractivity contribution is -0.153. The van der Waals surface area contributed by atoms with Crippen molar-refractivity contribution in [2.24, 2.45) is 5.41 Å². The van der Waals surface area contributed by atoms with Crippen LogP contribution in [-0.2, 0) is 14.3 Å². The molecule has 224 valence electrons. The number of esters is 1. The number of carbonyl (C=O) groups excluding carboxylic acids is 3. The number of anilines is 2. The molecule has 40 heavy (non-hydrogen) atoms. The number of ether oxygens (including phenoxy) is 2. The number of nitrogens with one attached hydrogen (secondary N) is 4. The SMILES string of the molecule is CNc1cc2c(cc1C(=O)N(C(C)C)C1CCCNC1)N(CCCCOC(=O)C(C)(C)C)C(=O)C(NC)(NC)O2. The molecule has 0 aromatic heterocycles. The number of carbonyl (C=O) groups is 3. The zero-order valence-electron chi connectivity index (χ0n) is 25.4. The quantitative estimate of drug-likeness (QED) is 0.184. The monoisotopic (exact) mass is 560 g/mol. The number of benzene rings is 1. The summed E-state index contributed by atoms with van der Waals surface area (Å²) in [6.45, 7) is 11.9. The molecule has 0 bridgehead atoms. The van der Waals surface area contributed by atoms with Gasteiger partial charge in [-0.3, -0.25) is 25.0 Å². The molecule has 1 unspecified atom stereocenters. The van der Waals surface area contributed by atoms with E-state index in [0.717, 1.165) is 25.9 Å². The van der Waals surface area contributed by atoms with E-state index in [9.17, 15) is 14.4 Å². The molecule has 2 aliphatic rings. The van der Waals surface area contributed by atoms with Crippen molar-refractivity contribution in [1.82, 2.24) is 20.9 Å². The average molecular weight is 561 g/mol. The Morgan fingerprint density at radius 3 is 2.45 bits per heavy atom. The summed E-state index contributed by atoms with van der Waals surface area (Å²) < 4.78 is 11.6. The van der Waals surface area contributed by atoms with Crippen molar-refractivity contribution < 1.29 is 23.9 Å². The highest BCUT2D eigenvalue weighted by Gasteiger charge is 2.47. The van der Waals surface area contributed by atoms with Crippen LogP contribution in [0.3, 0.4) is 0 Å². The minimum Gasteiger partial charge on any atom is -0.465 e. The van der Waals surface area contributed by atoms with Gasteiger partial charge in [0, 0.05) is 38.3 Å². The van der Waals surface area contributed by atoms with Crippen molar-refractivity contribution >= 4 is 29.2 Å². The first-order chi connectivity index (χ1) is 18.9. The third kappa shape index (κ3) is 6.70. The maximum Gasteiger partial charge on any atom is 0.311 e. The van der Waals surface area contributed by atoms with Crippen LogP contribution in [-0.4, -0.2) is 88.0 Å². The van der Waals surface area contributed by atoms with Gasteiger partial charge in [0.1, 0.15) is 5.75 Å². The largest absolute Gasteiger partial charge is 0.465 e. The van der Waals surface area contributed by atoms with E-state index < -0.39 is 11.3 Å². The first kappa shape index (κ1) is 31.6. The zero-order chi connectivity index (χ0) is 29.7. The maximum atomic E-state index is 14.1. The lowest BCUT2D eigenvalue weighted by Crippen LogP contribution is -2.70. The Hall–Kier alpha value is -2.89. The van der Waals surface area contributed by atoms with Crippen molar-refractivity contribution in [3.05, 3.63) is 17.7 Å². The van der Waals surface area contributed by atoms with Crippen LogP contribution in [0.25, 0.3) is 0 Å². The fourth-order valence-electron chi connectivity index (χ4n) is 5.20. The van der Waals surface area contributed by atoms with Crippen LogP contribution in [0.1, 0.15) is 70.7 Å². The van der Waals surface area contributed by atoms with Crippen molar-refractivity contribution in [3.8, 4) is 5.75 Å². The van der Waals surface area contributed by atoms with Gasteiger partial charge in [-0.1, -0.05) is 0 Å². The van der Waals surface area contributed by atoms with Crippen LogP contribution in [0.4, 0.5) is 11.4 Å². The summed E-state index contributed by atoms with van der Waals surface area (Å²) in [6.07, 6.45) is 3.14. The van der Waals surface area contributed by atoms with Crippen molar-refractivity contribution in [2.45, 2.75) is 78.2 Å². The molecule has 11 nitrogen and oxygen atoms in total. The predicted octanol–water partition coefficient (Wildman–Crippen LogP) is 2.52. The van der Waals surface area contributed by atoms with Gasteiger partial charge < -0.3 is 29.9 Å². The number of likely N-dealkylation sites (N-methyl/N-ethyl adjacent to an activating group) is 2. The van der Waals surface area contributed by atoms with E-state index in [1.165, 1.54) is 0 Å². The normalized spacial score (nSPS) is 18.7. The number of nitrogens with zero attached hydrogens (tertiary/aromatic N) is 2. The molecule has 1 fully saturated rings. The van der Waals surface area contributed by atoms with E-state index >= 15 is 0 Å². The number of fused-ring (bicyclic) bond motifs is 1. The Labute approximate surface area is 238 Å². The Morgan fingerprint density at radius 2 is 1.90 bits per heavy atom. The van der Waals surface area contributed by atoms with E-state index in [0.29, 0.717) is 42.1 Å². The zero-order valence-corrected chi connectivity index (χ0v) is 25.4. The van der Waals surface area contributed by atoms with Gasteiger partial charge in [-0.05, 0) is 87.0 Å². The lowest BCUT2D eigenvalue weighted by Gasteiger charge is -2.42. The Bertz CT molecular complexity index is 1060. The van der Waals surface area contributed by atoms with E-state index in [2.05, 4.69) is 21.3 Å². The lowest BCUT2D eigenvalue weighted by atomic mass is 9.97. The fraction of sp³-hybridized carbons (Fsp3) is 0.690. The van der Waals surface area contributed by atoms with Crippen molar-refractivity contribution in [1.29, 1.82) is 0 Å². The molecule has 0 spiro atoms. The van der Waals surface area contributed by atoms with E-state index in [-0.39, 0.29) is 36.5 Å². The second kappa shape index (κ2) is 13.2. The molecule has 4 N–H and O–H groups in total. The van der Waals surface area contributed by atoms with E-state index in [1.807, 2.05) is 39.5 Å². The molecule has 0 radical (unpaired) electrons. The van der Waals surface area contributed by atoms with Gasteiger partial charge in [-0.25, -0.2) is 0 Å². The highest BCUT2D eigenvalue weighted by Crippen LogP contribution is 2.41. The molecule has 1 aromatic rings. The molecular formula is C29H48N6O5. The smallest absolute Gasteiger partial charge is 0.311 e. The molecule has 3 rings (SSSR count). The molecule has 2 amide bonds. The maximum absolute atomic E-state index is 14.1. The summed E-state index contributed by atoms with van der Waals surface area (Å²) in [4.78, 5) is 43.5. The van der Waals surface area contributed by atoms with Crippen LogP contribution >= 0.6 is 0 Å². The summed E-state index contributed by atoms with van der Waals surface area (Å²) in [5.74, 6) is -1.64. The minimum absolute atomic E-state index is 0.00386. The summed E-state index contributed by atoms with van der Waals surface area (Å²) in [6, 6.07) is 3.65. The van der Waals surface area contributed by atoms with E-state index in [1.54, 1.807) is 38.2 Å². The molecule has 2 aliphatic heterocycles. The van der Waals surface area contributed by atoms with Crippen molar-refractivity contribution in [3.63, 3.8) is 0 Å². The molecule has 1 aromatic carbocycles. The second-order valence-electron chi connectivity index (χ2n) is 11.8. The first-order valence-corrected chi connectivity index (χ1v) is 14.3. The number of unbranched alkanes of at least 4 members (excludes halogenated alkanes) is 1. The van der Waals surface area contributed by atoms with E-state index in [4.69, 9.17) is 9.47 Å². The van der Waals surface area contributed by atoms with Gasteiger partial charge in [0.05, 0.1) is 29.0 Å². The number of piperidine rings is 1. The highest BCUT2D eigenvalue weighted by atomic mass is 16.5. The fourth-order valence-corrected chi connectivity index (χ4v) is 5.20. The third-order valence-electron chi connectivity index (χ3n) is 7.48. The van der Waals surface area contributed by atoms with Gasteiger partial charge in [-0.15, -0.1) is 0 Å².